The van der Waals surface area contributed by atoms with Gasteiger partial charge >= 0.3 is 0 Å². The molecule has 20 heavy (non-hydrogen) atoms. The predicted molar refractivity (Wildman–Crippen MR) is 82.5 cm³/mol. The Balaban J connectivity index is 2.43. The first kappa shape index (κ1) is 14.9. The maximum atomic E-state index is 11.8. The van der Waals surface area contributed by atoms with Crippen LogP contribution in [0.2, 0.25) is 0 Å². The minimum atomic E-state index is -3.43. The molecule has 1 aromatic heterocycles. The first-order valence-corrected chi connectivity index (χ1v) is 8.50. The second kappa shape index (κ2) is 5.45. The number of anilines is 2. The third-order valence-electron chi connectivity index (χ3n) is 2.80. The summed E-state index contributed by atoms with van der Waals surface area (Å²) in [5, 5.41) is 6.96. The number of sulfone groups is 1. The van der Waals surface area contributed by atoms with Crippen LogP contribution in [0.25, 0.3) is 0 Å². The maximum absolute atomic E-state index is 11.8. The zero-order chi connectivity index (χ0) is 14.9. The molecule has 0 spiro atoms. The third-order valence-corrected chi connectivity index (χ3v) is 4.47. The lowest BCUT2D eigenvalue weighted by atomic mass is 10.2. The highest BCUT2D eigenvalue weighted by Crippen LogP contribution is 2.27. The molecule has 0 fully saturated rings. The Kier molecular flexibility index (Phi) is 4.05. The molecule has 1 aromatic carbocycles. The van der Waals surface area contributed by atoms with Crippen molar-refractivity contribution >= 4 is 37.4 Å². The first-order chi connectivity index (χ1) is 9.32. The van der Waals surface area contributed by atoms with Gasteiger partial charge in [0.1, 0.15) is 5.82 Å². The average molecular weight is 359 g/mol. The van der Waals surface area contributed by atoms with Gasteiger partial charge in [0.15, 0.2) is 20.6 Å². The summed E-state index contributed by atoms with van der Waals surface area (Å²) in [5.41, 5.74) is 6.89. The van der Waals surface area contributed by atoms with E-state index >= 15 is 0 Å². The van der Waals surface area contributed by atoms with Crippen molar-refractivity contribution in [1.29, 1.82) is 0 Å². The van der Waals surface area contributed by atoms with Gasteiger partial charge < -0.3 is 11.1 Å². The van der Waals surface area contributed by atoms with Crippen LogP contribution in [0.5, 0.6) is 0 Å². The van der Waals surface area contributed by atoms with Crippen LogP contribution < -0.4 is 11.1 Å². The van der Waals surface area contributed by atoms with Gasteiger partial charge in [-0.05, 0) is 17.7 Å². The van der Waals surface area contributed by atoms with Gasteiger partial charge in [0.05, 0.1) is 6.54 Å². The van der Waals surface area contributed by atoms with Crippen molar-refractivity contribution in [3.8, 4) is 0 Å². The van der Waals surface area contributed by atoms with Crippen LogP contribution in [0.3, 0.4) is 0 Å². The maximum Gasteiger partial charge on any atom is 0.182 e. The Morgan fingerprint density at radius 1 is 1.35 bits per heavy atom. The molecule has 2 aromatic rings. The van der Waals surface area contributed by atoms with Crippen LogP contribution in [0, 0.1) is 0 Å². The molecule has 3 N–H and O–H groups in total. The summed E-state index contributed by atoms with van der Waals surface area (Å²) in [4.78, 5) is 0.0390. The molecule has 0 unspecified atom stereocenters. The van der Waals surface area contributed by atoms with Gasteiger partial charge in [-0.3, -0.25) is 0 Å². The molecule has 0 atom stereocenters. The number of nitrogens with one attached hydrogen (secondary N) is 1. The topological polar surface area (TPSA) is 90.0 Å². The minimum absolute atomic E-state index is 0.0390. The van der Waals surface area contributed by atoms with Crippen LogP contribution >= 0.6 is 15.9 Å². The minimum Gasteiger partial charge on any atom is -0.383 e. The van der Waals surface area contributed by atoms with Gasteiger partial charge in [0.25, 0.3) is 0 Å². The fourth-order valence-electron chi connectivity index (χ4n) is 1.87. The number of nitrogens with zero attached hydrogens (tertiary/aromatic N) is 2. The highest BCUT2D eigenvalue weighted by molar-refractivity contribution is 9.10. The highest BCUT2D eigenvalue weighted by Gasteiger charge is 2.23. The summed E-state index contributed by atoms with van der Waals surface area (Å²) < 4.78 is 26.0. The van der Waals surface area contributed by atoms with E-state index in [1.54, 1.807) is 7.05 Å². The second-order valence-corrected chi connectivity index (χ2v) is 7.24. The molecule has 0 radical (unpaired) electrons. The van der Waals surface area contributed by atoms with Crippen LogP contribution in [0.1, 0.15) is 5.56 Å². The van der Waals surface area contributed by atoms with Crippen molar-refractivity contribution in [2.75, 3.05) is 24.4 Å². The molecule has 108 valence electrons. The molecule has 0 amide bonds. The van der Waals surface area contributed by atoms with Crippen LogP contribution in [-0.2, 0) is 16.4 Å². The lowest BCUT2D eigenvalue weighted by Crippen LogP contribution is -2.08. The number of nitrogens with two attached hydrogens (primary N) is 1. The molecule has 1 heterocycles. The molecule has 0 saturated heterocycles. The molecule has 0 aliphatic carbocycles. The third kappa shape index (κ3) is 2.96. The number of rotatable bonds is 4. The number of hydrogen-bond acceptors (Lipinski definition) is 5. The summed E-state index contributed by atoms with van der Waals surface area (Å²) >= 11 is 3.36. The van der Waals surface area contributed by atoms with Gasteiger partial charge in [-0.15, -0.1) is 0 Å². The van der Waals surface area contributed by atoms with E-state index in [-0.39, 0.29) is 16.5 Å². The Labute approximate surface area is 126 Å². The van der Waals surface area contributed by atoms with E-state index in [0.717, 1.165) is 16.3 Å². The van der Waals surface area contributed by atoms with Crippen molar-refractivity contribution in [2.24, 2.45) is 0 Å². The fraction of sp³-hybridized carbons (Fsp3) is 0.250. The number of benzene rings is 1. The first-order valence-electron chi connectivity index (χ1n) is 5.81. The smallest absolute Gasteiger partial charge is 0.182 e. The van der Waals surface area contributed by atoms with Gasteiger partial charge in [-0.1, -0.05) is 28.1 Å². The quantitative estimate of drug-likeness (QED) is 0.868. The largest absolute Gasteiger partial charge is 0.383 e. The normalized spacial score (nSPS) is 11.6. The molecule has 0 aliphatic heterocycles. The van der Waals surface area contributed by atoms with Gasteiger partial charge in [0, 0.05) is 17.8 Å². The van der Waals surface area contributed by atoms with Crippen molar-refractivity contribution in [3.63, 3.8) is 0 Å². The molecular weight excluding hydrogens is 344 g/mol. The molecule has 8 heteroatoms. The van der Waals surface area contributed by atoms with Gasteiger partial charge in [-0.2, -0.15) is 5.10 Å². The van der Waals surface area contributed by atoms with Crippen molar-refractivity contribution < 1.29 is 8.42 Å². The summed E-state index contributed by atoms with van der Waals surface area (Å²) in [5.74, 6) is 0.405. The highest BCUT2D eigenvalue weighted by atomic mass is 79.9. The Hall–Kier alpha value is -1.54. The number of aromatic nitrogens is 2. The van der Waals surface area contributed by atoms with E-state index in [2.05, 4.69) is 26.3 Å². The lowest BCUT2D eigenvalue weighted by molar-refractivity contribution is 0.602. The zero-order valence-electron chi connectivity index (χ0n) is 11.1. The summed E-state index contributed by atoms with van der Waals surface area (Å²) in [7, 11) is -1.82. The predicted octanol–water partition coefficient (Wildman–Crippen LogP) is 1.72. The SMILES string of the molecule is CNc1nn(Cc2ccc(Br)cc2)c(N)c1S(C)(=O)=O. The average Bonchev–Trinajstić information content (AvgIpc) is 2.69. The summed E-state index contributed by atoms with van der Waals surface area (Å²) in [6, 6.07) is 7.66. The number of halogens is 1. The monoisotopic (exact) mass is 358 g/mol. The van der Waals surface area contributed by atoms with E-state index in [1.807, 2.05) is 24.3 Å². The molecular formula is C12H15BrN4O2S. The van der Waals surface area contributed by atoms with Crippen molar-refractivity contribution in [2.45, 2.75) is 11.4 Å². The summed E-state index contributed by atoms with van der Waals surface area (Å²) in [6.45, 7) is 0.406. The molecule has 0 bridgehead atoms. The second-order valence-electron chi connectivity index (χ2n) is 4.37. The molecule has 0 saturated carbocycles. The van der Waals surface area contributed by atoms with Crippen LogP contribution in [-0.4, -0.2) is 31.5 Å². The zero-order valence-corrected chi connectivity index (χ0v) is 13.5. The summed E-state index contributed by atoms with van der Waals surface area (Å²) in [6.07, 6.45) is 1.12. The number of nitrogen functional groups attached to an aromatic ring is 1. The van der Waals surface area contributed by atoms with E-state index in [1.165, 1.54) is 4.68 Å². The standard InChI is InChI=1S/C12H15BrN4O2S/c1-15-12-10(20(2,18)19)11(14)17(16-12)7-8-3-5-9(13)6-4-8/h3-6H,7,14H2,1-2H3,(H,15,16). The number of hydrogen-bond donors (Lipinski definition) is 2. The molecule has 0 aliphatic rings. The van der Waals surface area contributed by atoms with E-state index in [9.17, 15) is 8.42 Å². The van der Waals surface area contributed by atoms with E-state index in [0.29, 0.717) is 6.54 Å². The Bertz CT molecular complexity index is 723. The molecule has 2 rings (SSSR count). The van der Waals surface area contributed by atoms with Crippen LogP contribution in [0.15, 0.2) is 33.6 Å². The van der Waals surface area contributed by atoms with Crippen molar-refractivity contribution in [1.82, 2.24) is 9.78 Å². The Morgan fingerprint density at radius 3 is 2.40 bits per heavy atom. The van der Waals surface area contributed by atoms with Gasteiger partial charge in [0.2, 0.25) is 0 Å². The Morgan fingerprint density at radius 2 is 1.95 bits per heavy atom. The van der Waals surface area contributed by atoms with Crippen LogP contribution in [0.4, 0.5) is 11.6 Å². The van der Waals surface area contributed by atoms with Gasteiger partial charge in [-0.25, -0.2) is 13.1 Å². The fourth-order valence-corrected chi connectivity index (χ4v) is 3.11. The molecule has 6 nitrogen and oxygen atoms in total. The van der Waals surface area contributed by atoms with E-state index < -0.39 is 9.84 Å². The lowest BCUT2D eigenvalue weighted by Gasteiger charge is -2.04. The van der Waals surface area contributed by atoms with E-state index in [4.69, 9.17) is 5.73 Å². The van der Waals surface area contributed by atoms with Crippen molar-refractivity contribution in [3.05, 3.63) is 34.3 Å².